The van der Waals surface area contributed by atoms with Crippen molar-refractivity contribution in [1.29, 1.82) is 0 Å². The van der Waals surface area contributed by atoms with Crippen LogP contribution >= 0.6 is 0 Å². The number of nitrogens with zero attached hydrogens (tertiary/aromatic N) is 2. The zero-order chi connectivity index (χ0) is 7.02. The molecule has 0 aromatic carbocycles. The van der Waals surface area contributed by atoms with Gasteiger partial charge in [-0.25, -0.2) is 0 Å². The summed E-state index contributed by atoms with van der Waals surface area (Å²) < 4.78 is 1.91. The zero-order valence-electron chi connectivity index (χ0n) is 6.39. The van der Waals surface area contributed by atoms with Crippen molar-refractivity contribution in [2.45, 2.75) is 20.8 Å². The van der Waals surface area contributed by atoms with Crippen LogP contribution in [0.3, 0.4) is 0 Å². The molecule has 50 valence electrons. The third-order valence-corrected chi connectivity index (χ3v) is 1.87. The number of aromatic nitrogens is 2. The summed E-state index contributed by atoms with van der Waals surface area (Å²) in [6.07, 6.45) is 0. The van der Waals surface area contributed by atoms with Gasteiger partial charge in [-0.15, -0.1) is 0 Å². The van der Waals surface area contributed by atoms with Gasteiger partial charge in [-0.2, -0.15) is 5.10 Å². The minimum absolute atomic E-state index is 1.13. The average Bonchev–Trinajstić information content (AvgIpc) is 1.98. The Hall–Kier alpha value is -0.790. The van der Waals surface area contributed by atoms with Crippen molar-refractivity contribution in [3.8, 4) is 0 Å². The standard InChI is InChI=1S/C7H12N2/c1-5-6(2)8-9(4)7(5)3/h1-4H3. The molecule has 0 amide bonds. The molecule has 0 radical (unpaired) electrons. The molecule has 0 fully saturated rings. The van der Waals surface area contributed by atoms with Crippen molar-refractivity contribution in [3.05, 3.63) is 17.0 Å². The van der Waals surface area contributed by atoms with Crippen LogP contribution in [0.25, 0.3) is 0 Å². The van der Waals surface area contributed by atoms with Gasteiger partial charge in [0.1, 0.15) is 0 Å². The van der Waals surface area contributed by atoms with Crippen molar-refractivity contribution >= 4 is 0 Å². The normalized spacial score (nSPS) is 10.2. The first-order chi connectivity index (χ1) is 4.13. The van der Waals surface area contributed by atoms with E-state index < -0.39 is 0 Å². The molecule has 1 heterocycles. The van der Waals surface area contributed by atoms with Gasteiger partial charge < -0.3 is 0 Å². The predicted molar refractivity (Wildman–Crippen MR) is 37.4 cm³/mol. The molecule has 0 N–H and O–H groups in total. The van der Waals surface area contributed by atoms with Crippen LogP contribution in [0.1, 0.15) is 17.0 Å². The first kappa shape index (κ1) is 6.33. The summed E-state index contributed by atoms with van der Waals surface area (Å²) in [5.74, 6) is 0. The van der Waals surface area contributed by atoms with Crippen molar-refractivity contribution in [2.24, 2.45) is 7.05 Å². The quantitative estimate of drug-likeness (QED) is 0.510. The second-order valence-electron chi connectivity index (χ2n) is 2.42. The smallest absolute Gasteiger partial charge is 0.0625 e. The van der Waals surface area contributed by atoms with Gasteiger partial charge in [0.05, 0.1) is 5.69 Å². The summed E-state index contributed by atoms with van der Waals surface area (Å²) >= 11 is 0. The van der Waals surface area contributed by atoms with Gasteiger partial charge in [-0.05, 0) is 26.3 Å². The molecule has 2 nitrogen and oxygen atoms in total. The topological polar surface area (TPSA) is 17.8 Å². The molecule has 1 aromatic rings. The minimum atomic E-state index is 1.13. The van der Waals surface area contributed by atoms with Gasteiger partial charge in [0.15, 0.2) is 0 Å². The molecular formula is C7H12N2. The molecule has 0 bridgehead atoms. The Balaban J connectivity index is 3.29. The Labute approximate surface area is 55.5 Å². The number of aryl methyl sites for hydroxylation is 2. The maximum Gasteiger partial charge on any atom is 0.0625 e. The van der Waals surface area contributed by atoms with E-state index in [9.17, 15) is 0 Å². The fourth-order valence-electron chi connectivity index (χ4n) is 0.880. The fraction of sp³-hybridized carbons (Fsp3) is 0.571. The van der Waals surface area contributed by atoms with Crippen molar-refractivity contribution in [3.63, 3.8) is 0 Å². The van der Waals surface area contributed by atoms with Crippen molar-refractivity contribution in [1.82, 2.24) is 9.78 Å². The molecule has 0 saturated carbocycles. The van der Waals surface area contributed by atoms with Crippen molar-refractivity contribution < 1.29 is 0 Å². The Morgan fingerprint density at radius 2 is 1.78 bits per heavy atom. The van der Waals surface area contributed by atoms with Crippen LogP contribution in [-0.2, 0) is 7.05 Å². The highest BCUT2D eigenvalue weighted by Gasteiger charge is 2.01. The van der Waals surface area contributed by atoms with Crippen molar-refractivity contribution in [2.75, 3.05) is 0 Å². The lowest BCUT2D eigenvalue weighted by molar-refractivity contribution is 0.730. The van der Waals surface area contributed by atoms with E-state index in [1.54, 1.807) is 0 Å². The maximum atomic E-state index is 4.23. The Morgan fingerprint density at radius 1 is 1.22 bits per heavy atom. The molecule has 0 atom stereocenters. The highest BCUT2D eigenvalue weighted by molar-refractivity contribution is 5.21. The van der Waals surface area contributed by atoms with E-state index in [0.29, 0.717) is 0 Å². The maximum absolute atomic E-state index is 4.23. The Kier molecular flexibility index (Phi) is 1.31. The molecule has 0 aliphatic heterocycles. The van der Waals surface area contributed by atoms with Gasteiger partial charge in [0, 0.05) is 12.7 Å². The average molecular weight is 124 g/mol. The molecule has 0 saturated heterocycles. The Bertz CT molecular complexity index is 201. The van der Waals surface area contributed by atoms with Crippen LogP contribution in [0.4, 0.5) is 0 Å². The second-order valence-corrected chi connectivity index (χ2v) is 2.42. The Morgan fingerprint density at radius 3 is 1.89 bits per heavy atom. The molecule has 9 heavy (non-hydrogen) atoms. The van der Waals surface area contributed by atoms with E-state index in [1.807, 2.05) is 18.7 Å². The van der Waals surface area contributed by atoms with E-state index in [4.69, 9.17) is 0 Å². The summed E-state index contributed by atoms with van der Waals surface area (Å²) in [7, 11) is 1.97. The second kappa shape index (κ2) is 1.87. The number of hydrogen-bond acceptors (Lipinski definition) is 1. The van der Waals surface area contributed by atoms with Gasteiger partial charge in [0.25, 0.3) is 0 Å². The monoisotopic (exact) mass is 124 g/mol. The van der Waals surface area contributed by atoms with E-state index in [0.717, 1.165) is 5.69 Å². The molecule has 0 aliphatic carbocycles. The van der Waals surface area contributed by atoms with Crippen LogP contribution in [0.15, 0.2) is 0 Å². The zero-order valence-corrected chi connectivity index (χ0v) is 6.39. The van der Waals surface area contributed by atoms with Gasteiger partial charge in [-0.3, -0.25) is 4.68 Å². The van der Waals surface area contributed by atoms with Crippen LogP contribution in [0.5, 0.6) is 0 Å². The van der Waals surface area contributed by atoms with Crippen LogP contribution < -0.4 is 0 Å². The van der Waals surface area contributed by atoms with Crippen LogP contribution in [-0.4, -0.2) is 9.78 Å². The molecule has 0 unspecified atom stereocenters. The number of rotatable bonds is 0. The first-order valence-electron chi connectivity index (χ1n) is 3.09. The van der Waals surface area contributed by atoms with Crippen LogP contribution in [0.2, 0.25) is 0 Å². The fourth-order valence-corrected chi connectivity index (χ4v) is 0.880. The molecule has 1 aromatic heterocycles. The van der Waals surface area contributed by atoms with E-state index in [-0.39, 0.29) is 0 Å². The van der Waals surface area contributed by atoms with Crippen LogP contribution in [0, 0.1) is 20.8 Å². The summed E-state index contributed by atoms with van der Waals surface area (Å²) in [5.41, 5.74) is 3.69. The third kappa shape index (κ3) is 0.846. The molecule has 2 heteroatoms. The predicted octanol–water partition coefficient (Wildman–Crippen LogP) is 1.35. The van der Waals surface area contributed by atoms with Gasteiger partial charge >= 0.3 is 0 Å². The lowest BCUT2D eigenvalue weighted by Crippen LogP contribution is -1.92. The van der Waals surface area contributed by atoms with E-state index >= 15 is 0 Å². The highest BCUT2D eigenvalue weighted by Crippen LogP contribution is 2.08. The van der Waals surface area contributed by atoms with E-state index in [2.05, 4.69) is 18.9 Å². The van der Waals surface area contributed by atoms with Gasteiger partial charge in [0.2, 0.25) is 0 Å². The summed E-state index contributed by atoms with van der Waals surface area (Å²) in [4.78, 5) is 0. The lowest BCUT2D eigenvalue weighted by Gasteiger charge is -1.90. The minimum Gasteiger partial charge on any atom is -0.272 e. The third-order valence-electron chi connectivity index (χ3n) is 1.87. The summed E-state index contributed by atoms with van der Waals surface area (Å²) in [6, 6.07) is 0. The van der Waals surface area contributed by atoms with Gasteiger partial charge in [-0.1, -0.05) is 0 Å². The van der Waals surface area contributed by atoms with E-state index in [1.165, 1.54) is 11.3 Å². The number of hydrogen-bond donors (Lipinski definition) is 0. The molecular weight excluding hydrogens is 112 g/mol. The largest absolute Gasteiger partial charge is 0.272 e. The first-order valence-corrected chi connectivity index (χ1v) is 3.09. The SMILES string of the molecule is Cc1nn(C)c(C)c1C. The summed E-state index contributed by atoms with van der Waals surface area (Å²) in [6.45, 7) is 6.20. The summed E-state index contributed by atoms with van der Waals surface area (Å²) in [5, 5.41) is 4.23. The molecule has 0 spiro atoms. The highest BCUT2D eigenvalue weighted by atomic mass is 15.3. The lowest BCUT2D eigenvalue weighted by atomic mass is 10.2. The molecule has 0 aliphatic rings. The molecule has 1 rings (SSSR count).